The average molecular weight is 416 g/mol. The van der Waals surface area contributed by atoms with Crippen LogP contribution in [0.15, 0.2) is 53.1 Å². The fourth-order valence-electron chi connectivity index (χ4n) is 2.15. The predicted octanol–water partition coefficient (Wildman–Crippen LogP) is 6.06. The van der Waals surface area contributed by atoms with Crippen molar-refractivity contribution in [2.24, 2.45) is 0 Å². The van der Waals surface area contributed by atoms with Gasteiger partial charge in [0.1, 0.15) is 0 Å². The van der Waals surface area contributed by atoms with E-state index in [2.05, 4.69) is 10.3 Å². The highest BCUT2D eigenvalue weighted by molar-refractivity contribution is 6.54. The molecule has 0 saturated carbocycles. The van der Waals surface area contributed by atoms with Crippen LogP contribution in [0.4, 0.5) is 5.69 Å². The van der Waals surface area contributed by atoms with Crippen molar-refractivity contribution in [2.75, 3.05) is 5.32 Å². The molecule has 1 N–H and O–H groups in total. The van der Waals surface area contributed by atoms with Crippen molar-refractivity contribution in [3.8, 4) is 22.8 Å². The van der Waals surface area contributed by atoms with E-state index >= 15 is 0 Å². The first-order chi connectivity index (χ1) is 12.0. The van der Waals surface area contributed by atoms with Crippen LogP contribution in [0.25, 0.3) is 22.8 Å². The molecule has 0 spiro atoms. The molecule has 0 unspecified atom stereocenters. The normalized spacial score (nSPS) is 10.9. The standard InChI is InChI=1S/C17H10Cl4N2O2/c18-11-2-1-3-12(19)14(11)13-8-22-17(25-13)9-4-6-10(7-5-9)23-16(24)15(20)21/h1-8,15H,(H,23,24). The van der Waals surface area contributed by atoms with Gasteiger partial charge in [0.25, 0.3) is 5.91 Å². The summed E-state index contributed by atoms with van der Waals surface area (Å²) in [5, 5.41) is 3.53. The summed E-state index contributed by atoms with van der Waals surface area (Å²) in [5.41, 5.74) is 1.87. The van der Waals surface area contributed by atoms with E-state index in [-0.39, 0.29) is 0 Å². The Balaban J connectivity index is 1.84. The Morgan fingerprint density at radius 1 is 1.04 bits per heavy atom. The van der Waals surface area contributed by atoms with Crippen LogP contribution in [0.3, 0.4) is 0 Å². The zero-order valence-corrected chi connectivity index (χ0v) is 15.5. The van der Waals surface area contributed by atoms with Gasteiger partial charge >= 0.3 is 0 Å². The van der Waals surface area contributed by atoms with Crippen LogP contribution in [0.1, 0.15) is 0 Å². The summed E-state index contributed by atoms with van der Waals surface area (Å²) in [4.78, 5) is 14.6. The Morgan fingerprint density at radius 2 is 1.68 bits per heavy atom. The summed E-state index contributed by atoms with van der Waals surface area (Å²) < 4.78 is 5.77. The third-order valence-electron chi connectivity index (χ3n) is 3.31. The summed E-state index contributed by atoms with van der Waals surface area (Å²) in [6.45, 7) is 0. The van der Waals surface area contributed by atoms with Gasteiger partial charge in [0.05, 0.1) is 21.8 Å². The average Bonchev–Trinajstić information content (AvgIpc) is 3.05. The number of anilines is 1. The minimum atomic E-state index is -1.13. The van der Waals surface area contributed by atoms with E-state index in [0.29, 0.717) is 32.9 Å². The molecule has 8 heteroatoms. The van der Waals surface area contributed by atoms with E-state index < -0.39 is 10.7 Å². The highest BCUT2D eigenvalue weighted by Crippen LogP contribution is 2.36. The molecule has 4 nitrogen and oxygen atoms in total. The molecule has 0 bridgehead atoms. The van der Waals surface area contributed by atoms with Gasteiger partial charge in [-0.25, -0.2) is 4.98 Å². The summed E-state index contributed by atoms with van der Waals surface area (Å²) in [5.74, 6) is 0.370. The second-order valence-corrected chi connectivity index (χ2v) is 6.90. The van der Waals surface area contributed by atoms with Crippen LogP contribution >= 0.6 is 46.4 Å². The van der Waals surface area contributed by atoms with Gasteiger partial charge in [-0.15, -0.1) is 0 Å². The number of carbonyl (C=O) groups is 1. The molecule has 2 aromatic carbocycles. The second-order valence-electron chi connectivity index (χ2n) is 4.99. The zero-order valence-electron chi connectivity index (χ0n) is 12.5. The van der Waals surface area contributed by atoms with Gasteiger partial charge in [-0.3, -0.25) is 4.79 Å². The lowest BCUT2D eigenvalue weighted by molar-refractivity contribution is -0.114. The van der Waals surface area contributed by atoms with Crippen molar-refractivity contribution < 1.29 is 9.21 Å². The number of nitrogens with zero attached hydrogens (tertiary/aromatic N) is 1. The van der Waals surface area contributed by atoms with Crippen LogP contribution in [-0.4, -0.2) is 15.7 Å². The molecule has 0 atom stereocenters. The summed E-state index contributed by atoms with van der Waals surface area (Å²) >= 11 is 23.4. The lowest BCUT2D eigenvalue weighted by Gasteiger charge is -2.05. The second kappa shape index (κ2) is 7.67. The first-order valence-corrected chi connectivity index (χ1v) is 8.68. The smallest absolute Gasteiger partial charge is 0.257 e. The number of hydrogen-bond acceptors (Lipinski definition) is 3. The van der Waals surface area contributed by atoms with Gasteiger partial charge < -0.3 is 9.73 Å². The van der Waals surface area contributed by atoms with Crippen molar-refractivity contribution in [1.82, 2.24) is 4.98 Å². The molecular formula is C17H10Cl4N2O2. The van der Waals surface area contributed by atoms with Crippen LogP contribution in [0.5, 0.6) is 0 Å². The molecule has 1 aromatic heterocycles. The van der Waals surface area contributed by atoms with E-state index in [4.69, 9.17) is 50.8 Å². The molecule has 0 fully saturated rings. The van der Waals surface area contributed by atoms with Gasteiger partial charge in [0.2, 0.25) is 5.89 Å². The SMILES string of the molecule is O=C(Nc1ccc(-c2ncc(-c3c(Cl)cccc3Cl)o2)cc1)C(Cl)Cl. The molecule has 3 rings (SSSR count). The summed E-state index contributed by atoms with van der Waals surface area (Å²) in [6.07, 6.45) is 1.56. The van der Waals surface area contributed by atoms with Gasteiger partial charge in [-0.05, 0) is 36.4 Å². The number of nitrogens with one attached hydrogen (secondary N) is 1. The van der Waals surface area contributed by atoms with E-state index in [1.807, 2.05) is 0 Å². The number of alkyl halides is 2. The van der Waals surface area contributed by atoms with Gasteiger partial charge in [0, 0.05) is 11.3 Å². The number of benzene rings is 2. The highest BCUT2D eigenvalue weighted by Gasteiger charge is 2.15. The fraction of sp³-hybridized carbons (Fsp3) is 0.0588. The largest absolute Gasteiger partial charge is 0.436 e. The minimum Gasteiger partial charge on any atom is -0.436 e. The van der Waals surface area contributed by atoms with E-state index in [0.717, 1.165) is 5.56 Å². The molecule has 3 aromatic rings. The Hall–Kier alpha value is -1.72. The topological polar surface area (TPSA) is 55.1 Å². The van der Waals surface area contributed by atoms with E-state index in [1.165, 1.54) is 0 Å². The van der Waals surface area contributed by atoms with Gasteiger partial charge in [-0.1, -0.05) is 52.5 Å². The molecule has 0 saturated heterocycles. The molecule has 1 amide bonds. The number of halogens is 4. The molecule has 0 radical (unpaired) electrons. The number of aromatic nitrogens is 1. The maximum atomic E-state index is 11.5. The minimum absolute atomic E-state index is 0.399. The first kappa shape index (κ1) is 18.1. The lowest BCUT2D eigenvalue weighted by Crippen LogP contribution is -2.18. The third kappa shape index (κ3) is 4.10. The number of rotatable bonds is 4. The lowest BCUT2D eigenvalue weighted by atomic mass is 10.2. The number of amides is 1. The van der Waals surface area contributed by atoms with E-state index in [1.54, 1.807) is 48.7 Å². The van der Waals surface area contributed by atoms with Crippen LogP contribution in [-0.2, 0) is 4.79 Å². The quantitative estimate of drug-likeness (QED) is 0.527. The van der Waals surface area contributed by atoms with Gasteiger partial charge in [0.15, 0.2) is 10.6 Å². The first-order valence-electron chi connectivity index (χ1n) is 7.05. The monoisotopic (exact) mass is 414 g/mol. The molecule has 128 valence electrons. The van der Waals surface area contributed by atoms with Crippen LogP contribution < -0.4 is 5.32 Å². The third-order valence-corrected chi connectivity index (χ3v) is 4.34. The molecule has 0 aliphatic rings. The molecule has 25 heavy (non-hydrogen) atoms. The highest BCUT2D eigenvalue weighted by atomic mass is 35.5. The molecule has 1 heterocycles. The van der Waals surface area contributed by atoms with Gasteiger partial charge in [-0.2, -0.15) is 0 Å². The van der Waals surface area contributed by atoms with Crippen molar-refractivity contribution >= 4 is 58.0 Å². The molecule has 0 aliphatic heterocycles. The molecule has 0 aliphatic carbocycles. The van der Waals surface area contributed by atoms with Crippen molar-refractivity contribution in [1.29, 1.82) is 0 Å². The Morgan fingerprint density at radius 3 is 2.28 bits per heavy atom. The fourth-order valence-corrected chi connectivity index (χ4v) is 2.84. The summed E-state index contributed by atoms with van der Waals surface area (Å²) in [6, 6.07) is 12.1. The zero-order chi connectivity index (χ0) is 18.0. The van der Waals surface area contributed by atoms with Crippen LogP contribution in [0, 0.1) is 0 Å². The number of oxazole rings is 1. The van der Waals surface area contributed by atoms with Crippen molar-refractivity contribution in [3.05, 3.63) is 58.7 Å². The van der Waals surface area contributed by atoms with Crippen LogP contribution in [0.2, 0.25) is 10.0 Å². The molecular weight excluding hydrogens is 406 g/mol. The Bertz CT molecular complexity index is 887. The maximum absolute atomic E-state index is 11.5. The number of carbonyl (C=O) groups excluding carboxylic acids is 1. The predicted molar refractivity (Wildman–Crippen MR) is 102 cm³/mol. The van der Waals surface area contributed by atoms with Crippen molar-refractivity contribution in [3.63, 3.8) is 0 Å². The maximum Gasteiger partial charge on any atom is 0.257 e. The Kier molecular flexibility index (Phi) is 5.54. The van der Waals surface area contributed by atoms with E-state index in [9.17, 15) is 4.79 Å². The summed E-state index contributed by atoms with van der Waals surface area (Å²) in [7, 11) is 0. The number of hydrogen-bond donors (Lipinski definition) is 1. The van der Waals surface area contributed by atoms with Crippen molar-refractivity contribution in [2.45, 2.75) is 4.84 Å². The Labute approximate surface area is 163 Å².